The first-order chi connectivity index (χ1) is 10.1. The minimum Gasteiger partial charge on any atom is -0.318 e. The first kappa shape index (κ1) is 13.6. The predicted molar refractivity (Wildman–Crippen MR) is 85.6 cm³/mol. The van der Waals surface area contributed by atoms with Crippen LogP contribution in [-0.2, 0) is 11.8 Å². The van der Waals surface area contributed by atoms with E-state index in [0.717, 1.165) is 16.1 Å². The highest BCUT2D eigenvalue weighted by Gasteiger charge is 2.05. The van der Waals surface area contributed by atoms with Crippen molar-refractivity contribution in [3.8, 4) is 11.3 Å². The molecule has 0 saturated carbocycles. The van der Waals surface area contributed by atoms with E-state index in [9.17, 15) is 4.79 Å². The van der Waals surface area contributed by atoms with E-state index in [-0.39, 0.29) is 5.91 Å². The largest absolute Gasteiger partial charge is 0.318 e. The molecule has 1 heterocycles. The Morgan fingerprint density at radius 1 is 1.19 bits per heavy atom. The molecule has 0 saturated heterocycles. The number of rotatable bonds is 2. The molecular formula is C16H15N3OS. The maximum Gasteiger partial charge on any atom is 0.237 e. The lowest BCUT2D eigenvalue weighted by Crippen LogP contribution is -2.21. The molecule has 5 heteroatoms. The van der Waals surface area contributed by atoms with Crippen molar-refractivity contribution in [2.75, 3.05) is 0 Å². The van der Waals surface area contributed by atoms with Gasteiger partial charge in [-0.3, -0.25) is 4.79 Å². The molecule has 0 bridgehead atoms. The van der Waals surface area contributed by atoms with Crippen LogP contribution in [0.1, 0.15) is 6.92 Å². The first-order valence-electron chi connectivity index (χ1n) is 6.59. The Bertz CT molecular complexity index is 876. The number of carbonyl (C=O) groups is 1. The second-order valence-corrected chi connectivity index (χ2v) is 5.64. The molecule has 3 rings (SSSR count). The third-order valence-electron chi connectivity index (χ3n) is 3.28. The van der Waals surface area contributed by atoms with Crippen LogP contribution in [0.25, 0.3) is 22.0 Å². The molecule has 0 fully saturated rings. The Hall–Kier alpha value is -2.40. The van der Waals surface area contributed by atoms with Crippen molar-refractivity contribution >= 4 is 28.0 Å². The highest BCUT2D eigenvalue weighted by molar-refractivity contribution is 7.07. The van der Waals surface area contributed by atoms with E-state index in [0.29, 0.717) is 0 Å². The monoisotopic (exact) mass is 297 g/mol. The van der Waals surface area contributed by atoms with Crippen LogP contribution in [0.3, 0.4) is 0 Å². The van der Waals surface area contributed by atoms with E-state index in [2.05, 4.69) is 40.9 Å². The highest BCUT2D eigenvalue weighted by Crippen LogP contribution is 2.24. The van der Waals surface area contributed by atoms with E-state index < -0.39 is 0 Å². The van der Waals surface area contributed by atoms with Crippen LogP contribution in [0.15, 0.2) is 52.9 Å². The van der Waals surface area contributed by atoms with Crippen molar-refractivity contribution in [1.29, 1.82) is 0 Å². The summed E-state index contributed by atoms with van der Waals surface area (Å²) >= 11 is 1.50. The molecule has 21 heavy (non-hydrogen) atoms. The summed E-state index contributed by atoms with van der Waals surface area (Å²) in [6, 6.07) is 14.7. The van der Waals surface area contributed by atoms with E-state index in [4.69, 9.17) is 0 Å². The van der Waals surface area contributed by atoms with Crippen molar-refractivity contribution in [3.05, 3.63) is 52.6 Å². The Morgan fingerprint density at radius 2 is 1.95 bits per heavy atom. The fourth-order valence-electron chi connectivity index (χ4n) is 2.21. The van der Waals surface area contributed by atoms with Crippen LogP contribution < -0.4 is 10.2 Å². The third-order valence-corrected chi connectivity index (χ3v) is 4.20. The van der Waals surface area contributed by atoms with Gasteiger partial charge in [0, 0.05) is 19.4 Å². The quantitative estimate of drug-likeness (QED) is 0.726. The molecule has 1 amide bonds. The number of amides is 1. The standard InChI is InChI=1S/C16H15N3OS/c1-11(20)17-18-16-19(2)15(10-21-16)14-8-7-12-5-3-4-6-13(12)9-14/h3-10H,1-2H3,(H,17,20). The minimum absolute atomic E-state index is 0.171. The van der Waals surface area contributed by atoms with Crippen LogP contribution in [0.4, 0.5) is 0 Å². The van der Waals surface area contributed by atoms with Gasteiger partial charge >= 0.3 is 0 Å². The average molecular weight is 297 g/mol. The molecule has 0 aliphatic carbocycles. The van der Waals surface area contributed by atoms with Gasteiger partial charge in [-0.15, -0.1) is 16.4 Å². The lowest BCUT2D eigenvalue weighted by atomic mass is 10.1. The highest BCUT2D eigenvalue weighted by atomic mass is 32.1. The lowest BCUT2D eigenvalue weighted by molar-refractivity contribution is -0.119. The maximum absolute atomic E-state index is 10.9. The minimum atomic E-state index is -0.171. The van der Waals surface area contributed by atoms with Crippen molar-refractivity contribution < 1.29 is 4.79 Å². The van der Waals surface area contributed by atoms with Crippen molar-refractivity contribution in [1.82, 2.24) is 9.99 Å². The summed E-state index contributed by atoms with van der Waals surface area (Å²) in [7, 11) is 1.95. The fourth-order valence-corrected chi connectivity index (χ4v) is 3.07. The number of nitrogens with one attached hydrogen (secondary N) is 1. The molecule has 1 aromatic heterocycles. The number of carbonyl (C=O) groups excluding carboxylic acids is 1. The summed E-state index contributed by atoms with van der Waals surface area (Å²) in [4.78, 5) is 11.7. The predicted octanol–water partition coefficient (Wildman–Crippen LogP) is 2.86. The SMILES string of the molecule is CC(=O)NN=c1scc(-c2ccc3ccccc3c2)n1C. The zero-order chi connectivity index (χ0) is 14.8. The van der Waals surface area contributed by atoms with E-state index >= 15 is 0 Å². The summed E-state index contributed by atoms with van der Waals surface area (Å²) in [6.45, 7) is 1.45. The van der Waals surface area contributed by atoms with E-state index in [1.165, 1.54) is 29.0 Å². The molecule has 4 nitrogen and oxygen atoms in total. The summed E-state index contributed by atoms with van der Waals surface area (Å²) < 4.78 is 1.98. The van der Waals surface area contributed by atoms with Gasteiger partial charge in [0.05, 0.1) is 5.69 Å². The lowest BCUT2D eigenvalue weighted by Gasteiger charge is -2.05. The van der Waals surface area contributed by atoms with Crippen molar-refractivity contribution in [2.24, 2.45) is 12.1 Å². The van der Waals surface area contributed by atoms with Gasteiger partial charge in [-0.2, -0.15) is 0 Å². The summed E-state index contributed by atoms with van der Waals surface area (Å²) in [6.07, 6.45) is 0. The van der Waals surface area contributed by atoms with Gasteiger partial charge in [-0.25, -0.2) is 5.43 Å². The third kappa shape index (κ3) is 2.73. The van der Waals surface area contributed by atoms with Crippen LogP contribution in [-0.4, -0.2) is 10.5 Å². The van der Waals surface area contributed by atoms with Crippen LogP contribution >= 0.6 is 11.3 Å². The Morgan fingerprint density at radius 3 is 2.71 bits per heavy atom. The number of hydrogen-bond acceptors (Lipinski definition) is 3. The van der Waals surface area contributed by atoms with Crippen molar-refractivity contribution in [3.63, 3.8) is 0 Å². The molecule has 0 spiro atoms. The van der Waals surface area contributed by atoms with Crippen LogP contribution in [0, 0.1) is 0 Å². The molecule has 3 aromatic rings. The van der Waals surface area contributed by atoms with Crippen LogP contribution in [0.2, 0.25) is 0 Å². The molecule has 0 radical (unpaired) electrons. The zero-order valence-corrected chi connectivity index (χ0v) is 12.6. The van der Waals surface area contributed by atoms with Gasteiger partial charge in [-0.1, -0.05) is 36.4 Å². The number of fused-ring (bicyclic) bond motifs is 1. The van der Waals surface area contributed by atoms with Gasteiger partial charge in [-0.05, 0) is 22.4 Å². The van der Waals surface area contributed by atoms with E-state index in [1.54, 1.807) is 0 Å². The molecule has 0 aliphatic rings. The fraction of sp³-hybridized carbons (Fsp3) is 0.125. The molecule has 0 aliphatic heterocycles. The number of aromatic nitrogens is 1. The van der Waals surface area contributed by atoms with Gasteiger partial charge in [0.15, 0.2) is 0 Å². The van der Waals surface area contributed by atoms with Gasteiger partial charge in [0.1, 0.15) is 0 Å². The van der Waals surface area contributed by atoms with Gasteiger partial charge < -0.3 is 4.57 Å². The molecule has 0 atom stereocenters. The Balaban J connectivity index is 2.06. The average Bonchev–Trinajstić information content (AvgIpc) is 2.85. The molecular weight excluding hydrogens is 282 g/mol. The summed E-state index contributed by atoms with van der Waals surface area (Å²) in [5.41, 5.74) is 4.69. The van der Waals surface area contributed by atoms with E-state index in [1.807, 2.05) is 29.1 Å². The second kappa shape index (κ2) is 5.54. The molecule has 1 N–H and O–H groups in total. The van der Waals surface area contributed by atoms with Gasteiger partial charge in [0.2, 0.25) is 10.7 Å². The smallest absolute Gasteiger partial charge is 0.237 e. The zero-order valence-electron chi connectivity index (χ0n) is 11.8. The Kier molecular flexibility index (Phi) is 3.58. The molecule has 106 valence electrons. The Labute approximate surface area is 126 Å². The van der Waals surface area contributed by atoms with Crippen molar-refractivity contribution in [2.45, 2.75) is 6.92 Å². The first-order valence-corrected chi connectivity index (χ1v) is 7.47. The topological polar surface area (TPSA) is 46.4 Å². The summed E-state index contributed by atoms with van der Waals surface area (Å²) in [5, 5.41) is 8.58. The molecule has 0 unspecified atom stereocenters. The summed E-state index contributed by atoms with van der Waals surface area (Å²) in [5.74, 6) is -0.171. The normalized spacial score (nSPS) is 11.8. The second-order valence-electron chi connectivity index (χ2n) is 4.80. The van der Waals surface area contributed by atoms with Gasteiger partial charge in [0.25, 0.3) is 0 Å². The maximum atomic E-state index is 10.9. The number of nitrogens with zero attached hydrogens (tertiary/aromatic N) is 2. The van der Waals surface area contributed by atoms with Crippen LogP contribution in [0.5, 0.6) is 0 Å². The number of thiazole rings is 1. The number of benzene rings is 2. The molecule has 2 aromatic carbocycles. The number of hydrogen-bond donors (Lipinski definition) is 1.